The van der Waals surface area contributed by atoms with Crippen LogP contribution in [0.2, 0.25) is 5.02 Å². The molecule has 3 heterocycles. The number of hydrogen-bond acceptors (Lipinski definition) is 6. The van der Waals surface area contributed by atoms with Crippen molar-refractivity contribution >= 4 is 17.5 Å². The van der Waals surface area contributed by atoms with Gasteiger partial charge in [0.05, 0.1) is 34.9 Å². The largest absolute Gasteiger partial charge is 0.386 e. The van der Waals surface area contributed by atoms with E-state index in [0.717, 1.165) is 11.3 Å². The quantitative estimate of drug-likeness (QED) is 0.691. The fourth-order valence-corrected chi connectivity index (χ4v) is 2.62. The van der Waals surface area contributed by atoms with E-state index in [9.17, 15) is 5.11 Å². The Balaban J connectivity index is 1.66. The van der Waals surface area contributed by atoms with Crippen LogP contribution in [0.1, 0.15) is 32.0 Å². The van der Waals surface area contributed by atoms with Gasteiger partial charge in [0.2, 0.25) is 5.95 Å². The number of anilines is 1. The topological polar surface area (TPSA) is 88.8 Å². The van der Waals surface area contributed by atoms with Crippen molar-refractivity contribution in [2.45, 2.75) is 38.8 Å². The zero-order chi connectivity index (χ0) is 18.7. The normalized spacial score (nSPS) is 12.8. The molecule has 0 amide bonds. The van der Waals surface area contributed by atoms with Crippen molar-refractivity contribution in [1.29, 1.82) is 0 Å². The molecule has 26 heavy (non-hydrogen) atoms. The number of aromatic nitrogens is 5. The zero-order valence-corrected chi connectivity index (χ0v) is 15.6. The van der Waals surface area contributed by atoms with Crippen LogP contribution >= 0.6 is 11.6 Å². The van der Waals surface area contributed by atoms with Crippen LogP contribution in [0.3, 0.4) is 0 Å². The molecule has 3 aromatic heterocycles. The summed E-state index contributed by atoms with van der Waals surface area (Å²) in [6.07, 6.45) is 9.14. The lowest BCUT2D eigenvalue weighted by Crippen LogP contribution is -2.20. The van der Waals surface area contributed by atoms with Crippen LogP contribution in [0.5, 0.6) is 0 Å². The minimum absolute atomic E-state index is 0.0692. The highest BCUT2D eigenvalue weighted by Crippen LogP contribution is 2.20. The highest BCUT2D eigenvalue weighted by atomic mass is 35.5. The average Bonchev–Trinajstić information content (AvgIpc) is 3.08. The van der Waals surface area contributed by atoms with E-state index in [-0.39, 0.29) is 6.04 Å². The second kappa shape index (κ2) is 7.39. The molecule has 1 unspecified atom stereocenters. The first-order valence-corrected chi connectivity index (χ1v) is 8.66. The summed E-state index contributed by atoms with van der Waals surface area (Å²) >= 11 is 6.14. The molecule has 3 rings (SSSR count). The number of halogens is 1. The van der Waals surface area contributed by atoms with E-state index in [1.165, 1.54) is 0 Å². The van der Waals surface area contributed by atoms with Crippen molar-refractivity contribution in [3.05, 3.63) is 59.4 Å². The Morgan fingerprint density at radius 1 is 1.23 bits per heavy atom. The van der Waals surface area contributed by atoms with Gasteiger partial charge in [0.1, 0.15) is 5.69 Å². The lowest BCUT2D eigenvalue weighted by molar-refractivity contribution is 0.0786. The molecular formula is C18H21ClN6O. The third-order valence-electron chi connectivity index (χ3n) is 3.90. The van der Waals surface area contributed by atoms with E-state index < -0.39 is 5.60 Å². The second-order valence-electron chi connectivity index (χ2n) is 6.68. The van der Waals surface area contributed by atoms with Gasteiger partial charge in [-0.15, -0.1) is 0 Å². The maximum absolute atomic E-state index is 10.0. The number of nitrogens with zero attached hydrogens (tertiary/aromatic N) is 5. The van der Waals surface area contributed by atoms with Crippen LogP contribution in [0.4, 0.5) is 5.95 Å². The van der Waals surface area contributed by atoms with Crippen LogP contribution in [0.15, 0.2) is 43.1 Å². The van der Waals surface area contributed by atoms with Crippen LogP contribution in [-0.2, 0) is 12.0 Å². The lowest BCUT2D eigenvalue weighted by atomic mass is 10.0. The second-order valence-corrected chi connectivity index (χ2v) is 7.09. The van der Waals surface area contributed by atoms with E-state index in [1.54, 1.807) is 49.5 Å². The number of aliphatic hydroxyl groups is 1. The maximum atomic E-state index is 10.0. The Labute approximate surface area is 157 Å². The number of pyridine rings is 1. The van der Waals surface area contributed by atoms with Crippen LogP contribution < -0.4 is 5.32 Å². The molecule has 0 aliphatic rings. The van der Waals surface area contributed by atoms with Crippen molar-refractivity contribution in [2.75, 3.05) is 5.32 Å². The van der Waals surface area contributed by atoms with Crippen molar-refractivity contribution in [1.82, 2.24) is 24.7 Å². The van der Waals surface area contributed by atoms with Crippen molar-refractivity contribution < 1.29 is 5.11 Å². The number of hydrogen-bond donors (Lipinski definition) is 2. The Morgan fingerprint density at radius 3 is 2.58 bits per heavy atom. The maximum Gasteiger partial charge on any atom is 0.222 e. The molecule has 0 saturated carbocycles. The van der Waals surface area contributed by atoms with E-state index in [1.807, 2.05) is 19.1 Å². The predicted octanol–water partition coefficient (Wildman–Crippen LogP) is 2.98. The first-order valence-electron chi connectivity index (χ1n) is 8.29. The zero-order valence-electron chi connectivity index (χ0n) is 14.9. The van der Waals surface area contributed by atoms with Gasteiger partial charge in [-0.05, 0) is 32.9 Å². The molecule has 1 atom stereocenters. The van der Waals surface area contributed by atoms with Crippen molar-refractivity contribution in [3.8, 4) is 5.69 Å². The fraction of sp³-hybridized carbons (Fsp3) is 0.333. The Kier molecular flexibility index (Phi) is 5.20. The standard InChI is InChI=1S/C18H21ClN6O/c1-12(7-16-15(19)5-4-6-20-16)24-17-21-9-14(10-22-17)25-11-13(8-23-25)18(2,3)26/h4-6,8-12,26H,7H2,1-3H3,(H,21,22,24). The number of rotatable bonds is 6. The fourth-order valence-electron chi connectivity index (χ4n) is 2.42. The molecule has 0 spiro atoms. The van der Waals surface area contributed by atoms with Gasteiger partial charge in [-0.2, -0.15) is 5.10 Å². The first-order chi connectivity index (χ1) is 12.3. The summed E-state index contributed by atoms with van der Waals surface area (Å²) in [7, 11) is 0. The summed E-state index contributed by atoms with van der Waals surface area (Å²) in [5, 5.41) is 18.2. The predicted molar refractivity (Wildman–Crippen MR) is 100 cm³/mol. The summed E-state index contributed by atoms with van der Waals surface area (Å²) in [5.74, 6) is 0.517. The molecule has 7 nitrogen and oxygen atoms in total. The molecule has 0 fully saturated rings. The summed E-state index contributed by atoms with van der Waals surface area (Å²) < 4.78 is 1.63. The van der Waals surface area contributed by atoms with Gasteiger partial charge in [-0.3, -0.25) is 4.98 Å². The third-order valence-corrected chi connectivity index (χ3v) is 4.25. The smallest absolute Gasteiger partial charge is 0.222 e. The van der Waals surface area contributed by atoms with Crippen molar-refractivity contribution in [2.24, 2.45) is 0 Å². The van der Waals surface area contributed by atoms with Gasteiger partial charge in [0, 0.05) is 30.4 Å². The average molecular weight is 373 g/mol. The molecule has 8 heteroatoms. The lowest BCUT2D eigenvalue weighted by Gasteiger charge is -2.14. The molecular weight excluding hydrogens is 352 g/mol. The van der Waals surface area contributed by atoms with E-state index in [0.29, 0.717) is 23.1 Å². The summed E-state index contributed by atoms with van der Waals surface area (Å²) in [6, 6.07) is 3.71. The van der Waals surface area contributed by atoms with Crippen LogP contribution in [0, 0.1) is 0 Å². The van der Waals surface area contributed by atoms with Crippen molar-refractivity contribution in [3.63, 3.8) is 0 Å². The summed E-state index contributed by atoms with van der Waals surface area (Å²) in [4.78, 5) is 13.0. The van der Waals surface area contributed by atoms with Crippen LogP contribution in [-0.4, -0.2) is 35.9 Å². The van der Waals surface area contributed by atoms with Gasteiger partial charge in [-0.1, -0.05) is 11.6 Å². The van der Waals surface area contributed by atoms with Gasteiger partial charge in [0.15, 0.2) is 0 Å². The van der Waals surface area contributed by atoms with E-state index in [2.05, 4.69) is 25.4 Å². The van der Waals surface area contributed by atoms with Crippen LogP contribution in [0.25, 0.3) is 5.69 Å². The molecule has 0 aliphatic heterocycles. The summed E-state index contributed by atoms with van der Waals surface area (Å²) in [5.41, 5.74) is 1.33. The number of nitrogens with one attached hydrogen (secondary N) is 1. The Morgan fingerprint density at radius 2 is 1.96 bits per heavy atom. The SMILES string of the molecule is CC(Cc1ncccc1Cl)Nc1ncc(-n2cc(C(C)(C)O)cn2)cn1. The highest BCUT2D eigenvalue weighted by molar-refractivity contribution is 6.31. The van der Waals surface area contributed by atoms with E-state index in [4.69, 9.17) is 11.6 Å². The van der Waals surface area contributed by atoms with Gasteiger partial charge >= 0.3 is 0 Å². The minimum Gasteiger partial charge on any atom is -0.386 e. The first kappa shape index (κ1) is 18.3. The van der Waals surface area contributed by atoms with E-state index >= 15 is 0 Å². The van der Waals surface area contributed by atoms with Gasteiger partial charge < -0.3 is 10.4 Å². The minimum atomic E-state index is -0.942. The molecule has 0 aromatic carbocycles. The van der Waals surface area contributed by atoms with Gasteiger partial charge in [0.25, 0.3) is 0 Å². The molecule has 0 saturated heterocycles. The Hall–Kier alpha value is -2.51. The molecule has 0 bridgehead atoms. The Bertz CT molecular complexity index is 872. The molecule has 0 aliphatic carbocycles. The molecule has 2 N–H and O–H groups in total. The monoisotopic (exact) mass is 372 g/mol. The molecule has 3 aromatic rings. The van der Waals surface area contributed by atoms with Gasteiger partial charge in [-0.25, -0.2) is 14.6 Å². The molecule has 0 radical (unpaired) electrons. The highest BCUT2D eigenvalue weighted by Gasteiger charge is 2.18. The summed E-state index contributed by atoms with van der Waals surface area (Å²) in [6.45, 7) is 5.45. The molecule has 136 valence electrons. The third kappa shape index (κ3) is 4.36.